The second-order valence-corrected chi connectivity index (χ2v) is 5.78. The van der Waals surface area contributed by atoms with Crippen molar-refractivity contribution in [2.45, 2.75) is 39.5 Å². The third kappa shape index (κ3) is 6.07. The zero-order chi connectivity index (χ0) is 16.5. The van der Waals surface area contributed by atoms with E-state index in [2.05, 4.69) is 41.2 Å². The number of nitrogens with zero attached hydrogens (tertiary/aromatic N) is 2. The van der Waals surface area contributed by atoms with Gasteiger partial charge in [-0.2, -0.15) is 10.2 Å². The number of benzene rings is 2. The fraction of sp³-hybridized carbons (Fsp3) is 0.300. The van der Waals surface area contributed by atoms with Gasteiger partial charge >= 0.3 is 0 Å². The number of rotatable bonds is 8. The monoisotopic (exact) mass is 307 g/mol. The molecule has 0 spiro atoms. The van der Waals surface area contributed by atoms with Crippen molar-refractivity contribution in [1.29, 1.82) is 0 Å². The Morgan fingerprint density at radius 1 is 0.913 bits per heavy atom. The number of unbranched alkanes of at least 4 members (excludes halogenated alkanes) is 2. The Bertz CT molecular complexity index is 640. The maximum atomic E-state index is 4.29. The van der Waals surface area contributed by atoms with E-state index < -0.39 is 0 Å². The first-order chi connectivity index (χ1) is 11.2. The normalized spacial score (nSPS) is 10.9. The lowest BCUT2D eigenvalue weighted by Crippen LogP contribution is -1.91. The maximum absolute atomic E-state index is 4.29. The second-order valence-electron chi connectivity index (χ2n) is 5.78. The average molecular weight is 307 g/mol. The molecule has 0 unspecified atom stereocenters. The summed E-state index contributed by atoms with van der Waals surface area (Å²) in [4.78, 5) is 0. The molecule has 0 bridgehead atoms. The molecule has 0 saturated carbocycles. The molecule has 0 heterocycles. The van der Waals surface area contributed by atoms with Gasteiger partial charge in [-0.3, -0.25) is 0 Å². The number of allylic oxidation sites excluding steroid dienone is 1. The number of hydrogen-bond donors (Lipinski definition) is 1. The Labute approximate surface area is 139 Å². The Morgan fingerprint density at radius 3 is 2.00 bits per heavy atom. The molecule has 0 fully saturated rings. The highest BCUT2D eigenvalue weighted by atomic mass is 15.1. The van der Waals surface area contributed by atoms with Gasteiger partial charge in [0.1, 0.15) is 0 Å². The molecule has 23 heavy (non-hydrogen) atoms. The summed E-state index contributed by atoms with van der Waals surface area (Å²) in [5.41, 5.74) is 5.01. The third-order valence-electron chi connectivity index (χ3n) is 3.51. The lowest BCUT2D eigenvalue weighted by atomic mass is 10.1. The molecule has 2 rings (SSSR count). The Kier molecular flexibility index (Phi) is 6.55. The number of anilines is 1. The van der Waals surface area contributed by atoms with Gasteiger partial charge in [0.2, 0.25) is 0 Å². The number of aryl methyl sites for hydroxylation is 1. The van der Waals surface area contributed by atoms with Crippen molar-refractivity contribution >= 4 is 17.1 Å². The van der Waals surface area contributed by atoms with Gasteiger partial charge in [0.15, 0.2) is 0 Å². The third-order valence-corrected chi connectivity index (χ3v) is 3.51. The zero-order valence-electron chi connectivity index (χ0n) is 14.0. The summed E-state index contributed by atoms with van der Waals surface area (Å²) < 4.78 is 0. The largest absolute Gasteiger partial charge is 0.360 e. The van der Waals surface area contributed by atoms with E-state index in [1.54, 1.807) is 0 Å². The van der Waals surface area contributed by atoms with Crippen LogP contribution in [-0.4, -0.2) is 0 Å². The minimum atomic E-state index is 0.837. The lowest BCUT2D eigenvalue weighted by Gasteiger charge is -2.04. The van der Waals surface area contributed by atoms with Crippen LogP contribution in [0.15, 0.2) is 71.0 Å². The molecule has 0 aliphatic heterocycles. The van der Waals surface area contributed by atoms with Crippen molar-refractivity contribution < 1.29 is 0 Å². The summed E-state index contributed by atoms with van der Waals surface area (Å²) in [6.07, 6.45) is 4.94. The maximum Gasteiger partial charge on any atom is 0.0858 e. The molecular weight excluding hydrogens is 282 g/mol. The van der Waals surface area contributed by atoms with Crippen LogP contribution < -0.4 is 5.32 Å². The molecule has 0 aromatic heterocycles. The minimum absolute atomic E-state index is 0.837. The number of nitrogens with one attached hydrogen (secondary N) is 1. The van der Waals surface area contributed by atoms with Gasteiger partial charge in [0.05, 0.1) is 11.4 Å². The first-order valence-electron chi connectivity index (χ1n) is 8.20. The number of azo groups is 1. The molecule has 0 saturated heterocycles. The van der Waals surface area contributed by atoms with Crippen LogP contribution in [0.2, 0.25) is 0 Å². The Balaban J connectivity index is 1.93. The highest BCUT2D eigenvalue weighted by Gasteiger charge is 1.96. The van der Waals surface area contributed by atoms with E-state index >= 15 is 0 Å². The Hall–Kier alpha value is -2.42. The van der Waals surface area contributed by atoms with E-state index in [9.17, 15) is 0 Å². The average Bonchev–Trinajstić information content (AvgIpc) is 2.55. The lowest BCUT2D eigenvalue weighted by molar-refractivity contribution is 0.717. The van der Waals surface area contributed by atoms with Gasteiger partial charge in [0, 0.05) is 11.4 Å². The molecule has 0 radical (unpaired) electrons. The topological polar surface area (TPSA) is 36.8 Å². The molecule has 120 valence electrons. The summed E-state index contributed by atoms with van der Waals surface area (Å²) in [7, 11) is 0. The smallest absolute Gasteiger partial charge is 0.0858 e. The van der Waals surface area contributed by atoms with E-state index in [1.165, 1.54) is 24.8 Å². The van der Waals surface area contributed by atoms with Crippen LogP contribution in [0.4, 0.5) is 17.1 Å². The van der Waals surface area contributed by atoms with Crippen molar-refractivity contribution in [1.82, 2.24) is 0 Å². The molecule has 1 N–H and O–H groups in total. The zero-order valence-corrected chi connectivity index (χ0v) is 14.0. The second kappa shape index (κ2) is 8.89. The fourth-order valence-electron chi connectivity index (χ4n) is 2.28. The van der Waals surface area contributed by atoms with Crippen molar-refractivity contribution in [3.8, 4) is 0 Å². The predicted molar refractivity (Wildman–Crippen MR) is 98.7 cm³/mol. The van der Waals surface area contributed by atoms with E-state index in [0.29, 0.717) is 0 Å². The van der Waals surface area contributed by atoms with Crippen LogP contribution in [0.25, 0.3) is 0 Å². The first kappa shape index (κ1) is 16.9. The highest BCUT2D eigenvalue weighted by Crippen LogP contribution is 2.21. The van der Waals surface area contributed by atoms with Crippen molar-refractivity contribution in [3.05, 3.63) is 66.4 Å². The van der Waals surface area contributed by atoms with Gasteiger partial charge in [-0.05, 0) is 61.7 Å². The minimum Gasteiger partial charge on any atom is -0.360 e. The van der Waals surface area contributed by atoms with E-state index in [-0.39, 0.29) is 0 Å². The summed E-state index contributed by atoms with van der Waals surface area (Å²) >= 11 is 0. The fourth-order valence-corrected chi connectivity index (χ4v) is 2.28. The van der Waals surface area contributed by atoms with Crippen LogP contribution in [0.1, 0.15) is 38.7 Å². The van der Waals surface area contributed by atoms with Crippen LogP contribution in [0, 0.1) is 0 Å². The summed E-state index contributed by atoms with van der Waals surface area (Å²) in [6.45, 7) is 7.98. The van der Waals surface area contributed by atoms with Gasteiger partial charge in [-0.25, -0.2) is 0 Å². The van der Waals surface area contributed by atoms with E-state index in [1.807, 2.05) is 43.3 Å². The molecule has 2 aromatic carbocycles. The van der Waals surface area contributed by atoms with E-state index in [4.69, 9.17) is 0 Å². The predicted octanol–water partition coefficient (Wildman–Crippen LogP) is 6.78. The van der Waals surface area contributed by atoms with Gasteiger partial charge < -0.3 is 5.32 Å². The van der Waals surface area contributed by atoms with Gasteiger partial charge in [0.25, 0.3) is 0 Å². The van der Waals surface area contributed by atoms with Crippen LogP contribution in [0.3, 0.4) is 0 Å². The molecule has 3 nitrogen and oxygen atoms in total. The quantitative estimate of drug-likeness (QED) is 0.423. The summed E-state index contributed by atoms with van der Waals surface area (Å²) in [5.74, 6) is 0. The first-order valence-corrected chi connectivity index (χ1v) is 8.20. The van der Waals surface area contributed by atoms with Crippen LogP contribution in [0.5, 0.6) is 0 Å². The van der Waals surface area contributed by atoms with Crippen molar-refractivity contribution in [2.75, 3.05) is 5.32 Å². The Morgan fingerprint density at radius 2 is 1.48 bits per heavy atom. The van der Waals surface area contributed by atoms with Gasteiger partial charge in [-0.1, -0.05) is 38.5 Å². The van der Waals surface area contributed by atoms with E-state index in [0.717, 1.165) is 29.2 Å². The molecule has 0 amide bonds. The molecule has 0 atom stereocenters. The SMILES string of the molecule is C=C(C)Nc1ccc(/N=N/c2ccc(CCCCC)cc2)cc1. The molecular formula is C20H25N3. The standard InChI is InChI=1S/C20H25N3/c1-4-5-6-7-17-8-10-19(11-9-17)22-23-20-14-12-18(13-15-20)21-16(2)3/h8-15,21H,2,4-7H2,1,3H3/b23-22+. The highest BCUT2D eigenvalue weighted by molar-refractivity contribution is 5.53. The molecule has 0 aliphatic carbocycles. The van der Waals surface area contributed by atoms with Crippen molar-refractivity contribution in [2.24, 2.45) is 10.2 Å². The number of hydrogen-bond acceptors (Lipinski definition) is 3. The van der Waals surface area contributed by atoms with Crippen molar-refractivity contribution in [3.63, 3.8) is 0 Å². The summed E-state index contributed by atoms with van der Waals surface area (Å²) in [5, 5.41) is 11.7. The van der Waals surface area contributed by atoms with Crippen LogP contribution >= 0.6 is 0 Å². The summed E-state index contributed by atoms with van der Waals surface area (Å²) in [6, 6.07) is 16.2. The van der Waals surface area contributed by atoms with Crippen LogP contribution in [-0.2, 0) is 6.42 Å². The van der Waals surface area contributed by atoms with Gasteiger partial charge in [-0.15, -0.1) is 0 Å². The molecule has 3 heteroatoms. The molecule has 0 aliphatic rings. The molecule has 2 aromatic rings.